The number of nitrogens with zero attached hydrogens (tertiary/aromatic N) is 2. The summed E-state index contributed by atoms with van der Waals surface area (Å²) in [4.78, 5) is 33.5. The summed E-state index contributed by atoms with van der Waals surface area (Å²) >= 11 is 7.58. The predicted molar refractivity (Wildman–Crippen MR) is 190 cm³/mol. The zero-order valence-corrected chi connectivity index (χ0v) is 28.7. The van der Waals surface area contributed by atoms with Crippen molar-refractivity contribution in [1.82, 2.24) is 4.57 Å². The van der Waals surface area contributed by atoms with E-state index < -0.39 is 12.0 Å². The van der Waals surface area contributed by atoms with Crippen LogP contribution in [0, 0.1) is 0 Å². The molecule has 2 heterocycles. The summed E-state index contributed by atoms with van der Waals surface area (Å²) in [5, 5.41) is 0.624. The van der Waals surface area contributed by atoms with Crippen LogP contribution in [0.3, 0.4) is 0 Å². The van der Waals surface area contributed by atoms with Gasteiger partial charge < -0.3 is 14.2 Å². The highest BCUT2D eigenvalue weighted by molar-refractivity contribution is 7.07. The summed E-state index contributed by atoms with van der Waals surface area (Å²) in [6.07, 6.45) is 1.80. The molecule has 7 nitrogen and oxygen atoms in total. The Morgan fingerprint density at radius 3 is 2.40 bits per heavy atom. The van der Waals surface area contributed by atoms with Crippen LogP contribution in [0.25, 0.3) is 11.8 Å². The van der Waals surface area contributed by atoms with E-state index in [-0.39, 0.29) is 18.8 Å². The Labute approximate surface area is 288 Å². The van der Waals surface area contributed by atoms with Crippen LogP contribution in [0.15, 0.2) is 112 Å². The topological polar surface area (TPSA) is 79.1 Å². The standard InChI is InChI=1S/C39H35ClN2O5S/c1-5-46-38(44)34-35(27-11-7-6-8-12-27)41-39-42(36(34)28-18-16-26(17-19-28)24(2)3)37(43)33(48-39)22-25-15-20-31(32(21-25)45-4)47-23-29-13-9-10-14-30(29)40/h6-22,24,36H,5,23H2,1-4H3/b33-22-/t36-/m0/s1. The van der Waals surface area contributed by atoms with E-state index in [2.05, 4.69) is 13.8 Å². The Kier molecular flexibility index (Phi) is 9.94. The van der Waals surface area contributed by atoms with Gasteiger partial charge in [-0.15, -0.1) is 0 Å². The number of hydrogen-bond acceptors (Lipinski definition) is 7. The monoisotopic (exact) mass is 678 g/mol. The maximum absolute atomic E-state index is 14.3. The number of carbonyl (C=O) groups excluding carboxylic acids is 1. The van der Waals surface area contributed by atoms with Crippen LogP contribution in [0.1, 0.15) is 60.5 Å². The van der Waals surface area contributed by atoms with Gasteiger partial charge in [-0.05, 0) is 53.8 Å². The summed E-state index contributed by atoms with van der Waals surface area (Å²) in [6, 6.07) is 29.8. The first kappa shape index (κ1) is 33.0. The van der Waals surface area contributed by atoms with E-state index in [0.29, 0.717) is 43.0 Å². The largest absolute Gasteiger partial charge is 0.493 e. The molecule has 48 heavy (non-hydrogen) atoms. The van der Waals surface area contributed by atoms with Gasteiger partial charge in [0.1, 0.15) is 6.61 Å². The number of esters is 1. The highest BCUT2D eigenvalue weighted by Crippen LogP contribution is 2.36. The third-order valence-corrected chi connectivity index (χ3v) is 9.47. The Morgan fingerprint density at radius 1 is 0.979 bits per heavy atom. The molecular weight excluding hydrogens is 644 g/mol. The second-order valence-corrected chi connectivity index (χ2v) is 13.0. The lowest BCUT2D eigenvalue weighted by atomic mass is 9.91. The molecule has 4 aromatic carbocycles. The smallest absolute Gasteiger partial charge is 0.338 e. The lowest BCUT2D eigenvalue weighted by Crippen LogP contribution is -2.40. The molecule has 0 saturated carbocycles. The lowest BCUT2D eigenvalue weighted by molar-refractivity contribution is -0.138. The average molecular weight is 679 g/mol. The van der Waals surface area contributed by atoms with Crippen LogP contribution >= 0.6 is 22.9 Å². The van der Waals surface area contributed by atoms with Crippen molar-refractivity contribution >= 4 is 40.7 Å². The molecule has 0 unspecified atom stereocenters. The van der Waals surface area contributed by atoms with E-state index in [1.165, 1.54) is 11.3 Å². The second kappa shape index (κ2) is 14.5. The first-order valence-electron chi connectivity index (χ1n) is 15.7. The first-order chi connectivity index (χ1) is 23.3. The Balaban J connectivity index is 1.48. The summed E-state index contributed by atoms with van der Waals surface area (Å²) in [5.41, 5.74) is 4.86. The molecule has 0 fully saturated rings. The summed E-state index contributed by atoms with van der Waals surface area (Å²) in [5.74, 6) is 0.880. The minimum Gasteiger partial charge on any atom is -0.493 e. The van der Waals surface area contributed by atoms with Crippen molar-refractivity contribution in [1.29, 1.82) is 0 Å². The molecule has 5 aromatic rings. The van der Waals surface area contributed by atoms with E-state index in [4.69, 9.17) is 30.8 Å². The lowest BCUT2D eigenvalue weighted by Gasteiger charge is -2.26. The van der Waals surface area contributed by atoms with E-state index in [0.717, 1.165) is 27.8 Å². The van der Waals surface area contributed by atoms with Crippen molar-refractivity contribution in [3.05, 3.63) is 155 Å². The molecule has 244 valence electrons. The average Bonchev–Trinajstić information content (AvgIpc) is 3.41. The quantitative estimate of drug-likeness (QED) is 0.145. The van der Waals surface area contributed by atoms with Crippen LogP contribution in [0.4, 0.5) is 0 Å². The Bertz CT molecular complexity index is 2170. The Morgan fingerprint density at radius 2 is 1.71 bits per heavy atom. The molecule has 0 amide bonds. The molecule has 0 aliphatic carbocycles. The number of halogens is 1. The minimum absolute atomic E-state index is 0.188. The van der Waals surface area contributed by atoms with Crippen LogP contribution in [0.5, 0.6) is 11.5 Å². The van der Waals surface area contributed by atoms with Gasteiger partial charge in [0.05, 0.1) is 35.6 Å². The number of fused-ring (bicyclic) bond motifs is 1. The van der Waals surface area contributed by atoms with Gasteiger partial charge in [-0.3, -0.25) is 9.36 Å². The van der Waals surface area contributed by atoms with Crippen LogP contribution < -0.4 is 24.4 Å². The third kappa shape index (κ3) is 6.72. The van der Waals surface area contributed by atoms with Gasteiger partial charge in [0, 0.05) is 16.1 Å². The number of ether oxygens (including phenoxy) is 3. The maximum Gasteiger partial charge on any atom is 0.338 e. The minimum atomic E-state index is -0.742. The SMILES string of the molecule is CCOC(=O)C1=C(c2ccccc2)N=c2s/c(=C\c3ccc(OCc4ccccc4Cl)c(OC)c3)c(=O)n2[C@H]1c1ccc(C(C)C)cc1. The molecule has 1 aliphatic rings. The van der Waals surface area contributed by atoms with E-state index in [1.807, 2.05) is 97.1 Å². The fourth-order valence-corrected chi connectivity index (χ4v) is 6.83. The molecule has 1 atom stereocenters. The van der Waals surface area contributed by atoms with Gasteiger partial charge in [0.2, 0.25) is 0 Å². The Hall–Kier alpha value is -4.92. The molecule has 9 heteroatoms. The number of benzene rings is 4. The molecule has 1 aromatic heterocycles. The summed E-state index contributed by atoms with van der Waals surface area (Å²) < 4.78 is 19.3. The molecule has 0 spiro atoms. The number of hydrogen-bond donors (Lipinski definition) is 0. The van der Waals surface area contributed by atoms with E-state index in [1.54, 1.807) is 24.7 Å². The van der Waals surface area contributed by atoms with E-state index >= 15 is 0 Å². The molecule has 0 bridgehead atoms. The highest BCUT2D eigenvalue weighted by atomic mass is 35.5. The fourth-order valence-electron chi connectivity index (χ4n) is 5.63. The molecule has 0 radical (unpaired) electrons. The van der Waals surface area contributed by atoms with Gasteiger partial charge in [-0.2, -0.15) is 0 Å². The number of rotatable bonds is 10. The number of methoxy groups -OCH3 is 1. The zero-order chi connectivity index (χ0) is 33.8. The van der Waals surface area contributed by atoms with Gasteiger partial charge >= 0.3 is 5.97 Å². The molecular formula is C39H35ClN2O5S. The van der Waals surface area contributed by atoms with Crippen LogP contribution in [-0.4, -0.2) is 24.3 Å². The predicted octanol–water partition coefficient (Wildman–Crippen LogP) is 7.30. The van der Waals surface area contributed by atoms with Crippen molar-refractivity contribution in [2.45, 2.75) is 39.3 Å². The van der Waals surface area contributed by atoms with Crippen molar-refractivity contribution < 1.29 is 19.0 Å². The summed E-state index contributed by atoms with van der Waals surface area (Å²) in [6.45, 7) is 6.49. The van der Waals surface area contributed by atoms with Crippen LogP contribution in [0.2, 0.25) is 5.02 Å². The zero-order valence-electron chi connectivity index (χ0n) is 27.1. The number of thiazole rings is 1. The van der Waals surface area contributed by atoms with Crippen molar-refractivity contribution in [2.24, 2.45) is 4.99 Å². The second-order valence-electron chi connectivity index (χ2n) is 11.5. The maximum atomic E-state index is 14.3. The molecule has 6 rings (SSSR count). The fraction of sp³-hybridized carbons (Fsp3) is 0.205. The van der Waals surface area contributed by atoms with Crippen molar-refractivity contribution in [3.8, 4) is 11.5 Å². The van der Waals surface area contributed by atoms with Crippen molar-refractivity contribution in [2.75, 3.05) is 13.7 Å². The van der Waals surface area contributed by atoms with Crippen molar-refractivity contribution in [3.63, 3.8) is 0 Å². The molecule has 1 aliphatic heterocycles. The molecule has 0 N–H and O–H groups in total. The highest BCUT2D eigenvalue weighted by Gasteiger charge is 2.35. The van der Waals surface area contributed by atoms with Crippen LogP contribution in [-0.2, 0) is 16.1 Å². The van der Waals surface area contributed by atoms with E-state index in [9.17, 15) is 9.59 Å². The van der Waals surface area contributed by atoms with Gasteiger partial charge in [-0.1, -0.05) is 116 Å². The normalized spacial score (nSPS) is 14.5. The number of carbonyl (C=O) groups is 1. The third-order valence-electron chi connectivity index (χ3n) is 8.12. The van der Waals surface area contributed by atoms with Gasteiger partial charge in [0.15, 0.2) is 16.3 Å². The van der Waals surface area contributed by atoms with Gasteiger partial charge in [0.25, 0.3) is 5.56 Å². The molecule has 0 saturated heterocycles. The summed E-state index contributed by atoms with van der Waals surface area (Å²) in [7, 11) is 1.57. The number of aromatic nitrogens is 1. The first-order valence-corrected chi connectivity index (χ1v) is 16.9. The van der Waals surface area contributed by atoms with Gasteiger partial charge in [-0.25, -0.2) is 9.79 Å².